The lowest BCUT2D eigenvalue weighted by molar-refractivity contribution is 0.0161. The fraction of sp³-hybridized carbons (Fsp3) is 0.429. The van der Waals surface area contributed by atoms with Crippen molar-refractivity contribution in [2.75, 3.05) is 75.0 Å². The number of aromatic amines is 3. The highest BCUT2D eigenvalue weighted by Gasteiger charge is 2.45. The molecule has 3 aliphatic rings. The number of pyridine rings is 2. The van der Waals surface area contributed by atoms with Crippen LogP contribution in [-0.2, 0) is 19.3 Å². The fourth-order valence-electron chi connectivity index (χ4n) is 13.6. The van der Waals surface area contributed by atoms with E-state index in [0.29, 0.717) is 60.5 Å². The van der Waals surface area contributed by atoms with Crippen LogP contribution in [0.5, 0.6) is 0 Å². The minimum Gasteiger partial charge on any atom is -0.393 e. The topological polar surface area (TPSA) is 180 Å². The maximum Gasteiger partial charge on any atom is 0.222 e. The summed E-state index contributed by atoms with van der Waals surface area (Å²) in [6, 6.07) is 18.0. The molecule has 504 valence electrons. The standard InChI is InChI=1S/C24H27F4N3O.C23H26F4N4O.C23H28F2N4O/c1-4-29-15-9-18(26)21(19(27)10-15)23-22-17(16-6-5-14(25)8-20(16)30-22)7-13(2)31(23)11-24(3,28)12-32;1-4-28-18-9-16(25)19(22(26)30-18)21-20-15(14-6-5-13(24)8-17(14)29-20)7-12(2)31(21)10-23(3,27)11-32;1-4-26-20-8-5-15(11-27-20)22-21-18(17-7-6-16(24)10-19(17)28-21)9-14(2)29(22)12-23(3,25)13-30/h5-6,8-10,13,23,29-30,32H,4,7,11-12H2,1-3H3;5-6,8-9,12,21,29,32H,4,7,10-11H2,1-3H3,(H,28,30);5-8,10-11,14,22,28,30H,4,9,12-13H2,1-3H3,(H,26,27). The summed E-state index contributed by atoms with van der Waals surface area (Å²) < 4.78 is 147. The van der Waals surface area contributed by atoms with Gasteiger partial charge in [0.1, 0.15) is 63.5 Å². The Morgan fingerprint density at radius 2 is 0.851 bits per heavy atom. The highest BCUT2D eigenvalue weighted by atomic mass is 19.2. The number of nitrogens with one attached hydrogen (secondary N) is 6. The molecule has 0 amide bonds. The van der Waals surface area contributed by atoms with Gasteiger partial charge in [-0.25, -0.2) is 49.5 Å². The summed E-state index contributed by atoms with van der Waals surface area (Å²) in [6.45, 7) is 14.6. The molecule has 3 aliphatic heterocycles. The summed E-state index contributed by atoms with van der Waals surface area (Å²) in [7, 11) is 0. The molecule has 9 unspecified atom stereocenters. The van der Waals surface area contributed by atoms with E-state index in [1.807, 2.05) is 39.8 Å². The molecule has 0 aliphatic carbocycles. The number of aliphatic hydroxyl groups is 3. The molecule has 94 heavy (non-hydrogen) atoms. The predicted molar refractivity (Wildman–Crippen MR) is 347 cm³/mol. The lowest BCUT2D eigenvalue weighted by Crippen LogP contribution is -2.50. The van der Waals surface area contributed by atoms with E-state index in [2.05, 4.69) is 52.7 Å². The van der Waals surface area contributed by atoms with Gasteiger partial charge in [-0.1, -0.05) is 6.07 Å². The van der Waals surface area contributed by atoms with Crippen LogP contribution in [0, 0.1) is 40.9 Å². The first-order chi connectivity index (χ1) is 44.6. The van der Waals surface area contributed by atoms with Crippen molar-refractivity contribution in [2.24, 2.45) is 0 Å². The van der Waals surface area contributed by atoms with E-state index in [1.165, 1.54) is 69.3 Å². The van der Waals surface area contributed by atoms with E-state index < -0.39 is 83.9 Å². The van der Waals surface area contributed by atoms with E-state index in [1.54, 1.807) is 41.1 Å². The number of hydrogen-bond acceptors (Lipinski definition) is 11. The molecule has 12 rings (SSSR count). The molecule has 0 spiro atoms. The van der Waals surface area contributed by atoms with Crippen molar-refractivity contribution in [3.8, 4) is 0 Å². The summed E-state index contributed by atoms with van der Waals surface area (Å²) in [5.74, 6) is -3.67. The van der Waals surface area contributed by atoms with E-state index in [9.17, 15) is 41.7 Å². The Hall–Kier alpha value is -7.74. The van der Waals surface area contributed by atoms with E-state index in [4.69, 9.17) is 0 Å². The first-order valence-electron chi connectivity index (χ1n) is 31.7. The Labute approximate surface area is 539 Å². The van der Waals surface area contributed by atoms with Gasteiger partial charge in [0.25, 0.3) is 0 Å². The lowest BCUT2D eigenvalue weighted by Gasteiger charge is -2.43. The van der Waals surface area contributed by atoms with Crippen LogP contribution in [0.2, 0.25) is 0 Å². The highest BCUT2D eigenvalue weighted by Crippen LogP contribution is 2.47. The van der Waals surface area contributed by atoms with Crippen LogP contribution < -0.4 is 16.0 Å². The third kappa shape index (κ3) is 14.3. The molecule has 0 bridgehead atoms. The number of anilines is 3. The van der Waals surface area contributed by atoms with Gasteiger partial charge in [0.05, 0.1) is 43.5 Å². The Bertz CT molecular complexity index is 3930. The summed E-state index contributed by atoms with van der Waals surface area (Å²) in [6.07, 6.45) is 3.46. The molecule has 14 nitrogen and oxygen atoms in total. The van der Waals surface area contributed by atoms with Gasteiger partial charge in [-0.3, -0.25) is 14.7 Å². The Kier molecular flexibility index (Phi) is 20.5. The van der Waals surface area contributed by atoms with Crippen LogP contribution in [0.4, 0.5) is 61.2 Å². The average Bonchev–Trinajstić information content (AvgIpc) is 1.67. The van der Waals surface area contributed by atoms with Crippen molar-refractivity contribution < 1.29 is 59.2 Å². The number of aromatic nitrogens is 5. The highest BCUT2D eigenvalue weighted by molar-refractivity contribution is 5.87. The zero-order valence-corrected chi connectivity index (χ0v) is 54.0. The van der Waals surface area contributed by atoms with Gasteiger partial charge >= 0.3 is 0 Å². The van der Waals surface area contributed by atoms with E-state index >= 15 is 17.6 Å². The Balaban J connectivity index is 0.000000154. The summed E-state index contributed by atoms with van der Waals surface area (Å²) in [5.41, 5.74) is 1.41. The van der Waals surface area contributed by atoms with Gasteiger partial charge < -0.3 is 46.2 Å². The van der Waals surface area contributed by atoms with Crippen LogP contribution in [0.15, 0.2) is 91.1 Å². The van der Waals surface area contributed by atoms with Gasteiger partial charge in [-0.05, 0) is 177 Å². The molecule has 0 fully saturated rings. The van der Waals surface area contributed by atoms with Gasteiger partial charge in [0.2, 0.25) is 5.95 Å². The molecule has 5 aromatic heterocycles. The predicted octanol–water partition coefficient (Wildman–Crippen LogP) is 13.7. The number of rotatable bonds is 18. The zero-order valence-electron chi connectivity index (χ0n) is 54.0. The quantitative estimate of drug-likeness (QED) is 0.0295. The van der Waals surface area contributed by atoms with Crippen molar-refractivity contribution in [1.29, 1.82) is 0 Å². The molecule has 9 N–H and O–H groups in total. The SMILES string of the molecule is CCNc1cc(F)c(C2c3[nH]c4cc(F)ccc4c3CC(C)N2CC(C)(F)CO)c(F)c1.CCNc1cc(F)c(C2c3[nH]c4cc(F)ccc4c3CC(C)N2CC(C)(F)CO)c(F)n1.CCNc1ccc(C2c3[nH]c4cc(F)ccc4c3CC(C)N2CC(C)(F)CO)cn1. The van der Waals surface area contributed by atoms with Crippen LogP contribution in [-0.4, -0.2) is 149 Å². The number of hydrogen-bond donors (Lipinski definition) is 9. The lowest BCUT2D eigenvalue weighted by atomic mass is 9.87. The van der Waals surface area contributed by atoms with E-state index in [0.717, 1.165) is 68.1 Å². The monoisotopic (exact) mass is 1310 g/mol. The molecule has 9 aromatic rings. The van der Waals surface area contributed by atoms with Crippen molar-refractivity contribution in [3.63, 3.8) is 0 Å². The number of nitrogens with zero attached hydrogens (tertiary/aromatic N) is 5. The normalized spacial score (nSPS) is 21.0. The van der Waals surface area contributed by atoms with Crippen LogP contribution in [0.3, 0.4) is 0 Å². The van der Waals surface area contributed by atoms with Crippen molar-refractivity contribution >= 4 is 50.0 Å². The molecule has 0 saturated carbocycles. The zero-order chi connectivity index (χ0) is 67.9. The van der Waals surface area contributed by atoms with E-state index in [-0.39, 0.29) is 66.6 Å². The number of aliphatic hydroxyl groups excluding tert-OH is 3. The number of halogens is 10. The maximum absolute atomic E-state index is 15.3. The summed E-state index contributed by atoms with van der Waals surface area (Å²) in [4.78, 5) is 23.4. The fourth-order valence-corrected chi connectivity index (χ4v) is 13.6. The second-order valence-electron chi connectivity index (χ2n) is 25.8. The second kappa shape index (κ2) is 27.9. The average molecular weight is 1310 g/mol. The van der Waals surface area contributed by atoms with Gasteiger partial charge in [-0.2, -0.15) is 4.39 Å². The van der Waals surface area contributed by atoms with Crippen LogP contribution >= 0.6 is 0 Å². The molecular weight excluding hydrogens is 1230 g/mol. The molecule has 9 atom stereocenters. The molecule has 0 radical (unpaired) electrons. The second-order valence-corrected chi connectivity index (χ2v) is 25.8. The first kappa shape index (κ1) is 69.1. The molecule has 4 aromatic carbocycles. The number of H-pyrrole nitrogens is 3. The number of alkyl halides is 3. The largest absolute Gasteiger partial charge is 0.393 e. The molecule has 24 heteroatoms. The van der Waals surface area contributed by atoms with Crippen LogP contribution in [0.1, 0.15) is 131 Å². The van der Waals surface area contributed by atoms with Gasteiger partial charge in [0, 0.05) is 131 Å². The summed E-state index contributed by atoms with van der Waals surface area (Å²) in [5, 5.41) is 39.9. The molecule has 8 heterocycles. The van der Waals surface area contributed by atoms with Crippen molar-refractivity contribution in [3.05, 3.63) is 182 Å². The number of benzene rings is 4. The van der Waals surface area contributed by atoms with Crippen molar-refractivity contribution in [1.82, 2.24) is 39.6 Å². The van der Waals surface area contributed by atoms with Crippen LogP contribution in [0.25, 0.3) is 32.7 Å². The third-order valence-corrected chi connectivity index (χ3v) is 18.0. The Morgan fingerprint density at radius 3 is 1.22 bits per heavy atom. The molecular formula is C70H81F10N11O3. The number of fused-ring (bicyclic) bond motifs is 9. The minimum atomic E-state index is -1.99. The van der Waals surface area contributed by atoms with Gasteiger partial charge in [-0.15, -0.1) is 0 Å². The summed E-state index contributed by atoms with van der Waals surface area (Å²) >= 11 is 0. The maximum atomic E-state index is 15.3. The smallest absolute Gasteiger partial charge is 0.222 e. The first-order valence-corrected chi connectivity index (χ1v) is 31.7. The third-order valence-electron chi connectivity index (χ3n) is 18.0. The Morgan fingerprint density at radius 1 is 0.479 bits per heavy atom. The minimum absolute atomic E-state index is 0.0293. The van der Waals surface area contributed by atoms with Gasteiger partial charge in [0.15, 0.2) is 0 Å². The molecule has 0 saturated heterocycles. The van der Waals surface area contributed by atoms with Crippen molar-refractivity contribution in [2.45, 2.75) is 135 Å².